The first-order valence-corrected chi connectivity index (χ1v) is 12.0. The SMILES string of the molecule is NS(=O)(=O)c1ccccc1-c1ccc(NC(=O)CCC(=O)Nc2ccc(Br)cn2)c(Cl)c1. The summed E-state index contributed by atoms with van der Waals surface area (Å²) in [7, 11) is -3.92. The second-order valence-corrected chi connectivity index (χ2v) is 9.55. The van der Waals surface area contributed by atoms with Gasteiger partial charge in [-0.15, -0.1) is 0 Å². The molecule has 0 spiro atoms. The second-order valence-electron chi connectivity index (χ2n) is 6.69. The van der Waals surface area contributed by atoms with Crippen LogP contribution in [0.25, 0.3) is 11.1 Å². The van der Waals surface area contributed by atoms with Gasteiger partial charge in [0.05, 0.1) is 15.6 Å². The van der Waals surface area contributed by atoms with Crippen LogP contribution in [0.2, 0.25) is 5.02 Å². The average molecular weight is 538 g/mol. The number of amides is 2. The molecule has 4 N–H and O–H groups in total. The van der Waals surface area contributed by atoms with Gasteiger partial charge in [0.15, 0.2) is 0 Å². The van der Waals surface area contributed by atoms with Gasteiger partial charge >= 0.3 is 0 Å². The Morgan fingerprint density at radius 1 is 1.00 bits per heavy atom. The van der Waals surface area contributed by atoms with Gasteiger partial charge in [-0.2, -0.15) is 0 Å². The molecular formula is C21H18BrClN4O4S. The van der Waals surface area contributed by atoms with E-state index in [1.807, 2.05) is 0 Å². The summed E-state index contributed by atoms with van der Waals surface area (Å²) in [5.74, 6) is -0.364. The van der Waals surface area contributed by atoms with Crippen molar-refractivity contribution in [3.8, 4) is 11.1 Å². The van der Waals surface area contributed by atoms with Gasteiger partial charge in [0.25, 0.3) is 0 Å². The summed E-state index contributed by atoms with van der Waals surface area (Å²) in [6.45, 7) is 0. The number of nitrogens with zero attached hydrogens (tertiary/aromatic N) is 1. The molecule has 1 aromatic heterocycles. The largest absolute Gasteiger partial charge is 0.325 e. The monoisotopic (exact) mass is 536 g/mol. The smallest absolute Gasteiger partial charge is 0.238 e. The number of carbonyl (C=O) groups is 2. The summed E-state index contributed by atoms with van der Waals surface area (Å²) in [5, 5.41) is 10.7. The third kappa shape index (κ3) is 6.36. The minimum absolute atomic E-state index is 0.0286. The van der Waals surface area contributed by atoms with E-state index >= 15 is 0 Å². The van der Waals surface area contributed by atoms with Crippen molar-refractivity contribution in [1.82, 2.24) is 4.98 Å². The second kappa shape index (κ2) is 10.2. The molecule has 3 rings (SSSR count). The summed E-state index contributed by atoms with van der Waals surface area (Å²) in [5.41, 5.74) is 1.26. The highest BCUT2D eigenvalue weighted by atomic mass is 79.9. The molecule has 8 nitrogen and oxygen atoms in total. The van der Waals surface area contributed by atoms with Crippen molar-refractivity contribution in [3.05, 3.63) is 70.3 Å². The molecule has 0 radical (unpaired) electrons. The molecule has 11 heteroatoms. The van der Waals surface area contributed by atoms with Crippen LogP contribution < -0.4 is 15.8 Å². The lowest BCUT2D eigenvalue weighted by molar-refractivity contribution is -0.121. The number of anilines is 2. The fourth-order valence-electron chi connectivity index (χ4n) is 2.83. The fourth-order valence-corrected chi connectivity index (χ4v) is 4.06. The van der Waals surface area contributed by atoms with Crippen molar-refractivity contribution < 1.29 is 18.0 Å². The molecule has 0 aliphatic rings. The van der Waals surface area contributed by atoms with Crippen LogP contribution in [0.4, 0.5) is 11.5 Å². The number of hydrogen-bond donors (Lipinski definition) is 3. The van der Waals surface area contributed by atoms with Crippen molar-refractivity contribution in [2.24, 2.45) is 5.14 Å². The zero-order valence-electron chi connectivity index (χ0n) is 16.5. The molecule has 2 aromatic carbocycles. The minimum Gasteiger partial charge on any atom is -0.325 e. The molecule has 2 amide bonds. The Morgan fingerprint density at radius 3 is 2.31 bits per heavy atom. The van der Waals surface area contributed by atoms with E-state index in [1.54, 1.807) is 48.7 Å². The van der Waals surface area contributed by atoms with Crippen LogP contribution in [0.15, 0.2) is 70.2 Å². The molecule has 0 atom stereocenters. The molecule has 3 aromatic rings. The van der Waals surface area contributed by atoms with Crippen LogP contribution in [0, 0.1) is 0 Å². The number of primary sulfonamides is 1. The van der Waals surface area contributed by atoms with E-state index in [9.17, 15) is 18.0 Å². The number of rotatable bonds is 7. The molecule has 0 bridgehead atoms. The fraction of sp³-hybridized carbons (Fsp3) is 0.0952. The Bertz CT molecular complexity index is 1270. The molecule has 0 saturated carbocycles. The average Bonchev–Trinajstić information content (AvgIpc) is 2.75. The van der Waals surface area contributed by atoms with Crippen molar-refractivity contribution in [1.29, 1.82) is 0 Å². The Kier molecular flexibility index (Phi) is 7.62. The maximum absolute atomic E-state index is 12.2. The van der Waals surface area contributed by atoms with E-state index in [-0.39, 0.29) is 28.7 Å². The third-order valence-corrected chi connectivity index (χ3v) is 6.07. The van der Waals surface area contributed by atoms with E-state index in [2.05, 4.69) is 31.5 Å². The van der Waals surface area contributed by atoms with Crippen LogP contribution in [-0.2, 0) is 19.6 Å². The maximum Gasteiger partial charge on any atom is 0.238 e. The van der Waals surface area contributed by atoms with Gasteiger partial charge in [0.1, 0.15) is 5.82 Å². The number of nitrogens with one attached hydrogen (secondary N) is 2. The third-order valence-electron chi connectivity index (χ3n) is 4.32. The summed E-state index contributed by atoms with van der Waals surface area (Å²) in [6.07, 6.45) is 1.45. The highest BCUT2D eigenvalue weighted by Gasteiger charge is 2.16. The molecule has 0 fully saturated rings. The number of pyridine rings is 1. The first-order chi connectivity index (χ1) is 15.1. The van der Waals surface area contributed by atoms with Crippen molar-refractivity contribution >= 4 is 60.9 Å². The van der Waals surface area contributed by atoms with Crippen molar-refractivity contribution in [3.63, 3.8) is 0 Å². The number of halogens is 2. The lowest BCUT2D eigenvalue weighted by Crippen LogP contribution is -2.18. The first-order valence-electron chi connectivity index (χ1n) is 9.26. The summed E-state index contributed by atoms with van der Waals surface area (Å²) in [6, 6.07) is 14.4. The Labute approximate surface area is 198 Å². The molecule has 0 aliphatic carbocycles. The molecular weight excluding hydrogens is 520 g/mol. The van der Waals surface area contributed by atoms with Gasteiger partial charge < -0.3 is 10.6 Å². The summed E-state index contributed by atoms with van der Waals surface area (Å²) < 4.78 is 24.4. The number of aromatic nitrogens is 1. The van der Waals surface area contributed by atoms with E-state index in [0.717, 1.165) is 4.47 Å². The maximum atomic E-state index is 12.2. The zero-order valence-corrected chi connectivity index (χ0v) is 19.7. The molecule has 0 aliphatic heterocycles. The van der Waals surface area contributed by atoms with Crippen LogP contribution in [0.1, 0.15) is 12.8 Å². The number of hydrogen-bond acceptors (Lipinski definition) is 5. The molecule has 0 saturated heterocycles. The molecule has 166 valence electrons. The molecule has 1 heterocycles. The Hall–Kier alpha value is -2.79. The lowest BCUT2D eigenvalue weighted by atomic mass is 10.1. The quantitative estimate of drug-likeness (QED) is 0.416. The highest BCUT2D eigenvalue weighted by Crippen LogP contribution is 2.32. The van der Waals surface area contributed by atoms with Crippen LogP contribution >= 0.6 is 27.5 Å². The van der Waals surface area contributed by atoms with Gasteiger partial charge in [-0.05, 0) is 51.8 Å². The predicted molar refractivity (Wildman–Crippen MR) is 127 cm³/mol. The standard InChI is InChI=1S/C21H18BrClN4O4S/c22-14-6-8-19(25-12-14)27-21(29)10-9-20(28)26-17-7-5-13(11-16(17)23)15-3-1-2-4-18(15)32(24,30)31/h1-8,11-12H,9-10H2,(H,26,28)(H2,24,30,31)(H,25,27,29). The van der Waals surface area contributed by atoms with Crippen molar-refractivity contribution in [2.75, 3.05) is 10.6 Å². The summed E-state index contributed by atoms with van der Waals surface area (Å²) in [4.78, 5) is 28.3. The predicted octanol–water partition coefficient (Wildman–Crippen LogP) is 4.17. The van der Waals surface area contributed by atoms with Gasteiger partial charge in [-0.1, -0.05) is 35.9 Å². The van der Waals surface area contributed by atoms with Gasteiger partial charge in [0, 0.05) is 29.1 Å². The summed E-state index contributed by atoms with van der Waals surface area (Å²) >= 11 is 9.54. The van der Waals surface area contributed by atoms with E-state index in [1.165, 1.54) is 12.1 Å². The highest BCUT2D eigenvalue weighted by molar-refractivity contribution is 9.10. The Balaban J connectivity index is 1.63. The number of nitrogens with two attached hydrogens (primary N) is 1. The van der Waals surface area contributed by atoms with Crippen LogP contribution in [0.5, 0.6) is 0 Å². The molecule has 32 heavy (non-hydrogen) atoms. The topological polar surface area (TPSA) is 131 Å². The van der Waals surface area contributed by atoms with Gasteiger partial charge in [0.2, 0.25) is 21.8 Å². The zero-order chi connectivity index (χ0) is 23.3. The van der Waals surface area contributed by atoms with E-state index in [4.69, 9.17) is 16.7 Å². The minimum atomic E-state index is -3.92. The number of sulfonamides is 1. The van der Waals surface area contributed by atoms with Gasteiger partial charge in [-0.3, -0.25) is 9.59 Å². The van der Waals surface area contributed by atoms with E-state index in [0.29, 0.717) is 22.6 Å². The first kappa shape index (κ1) is 23.9. The van der Waals surface area contributed by atoms with Crippen LogP contribution in [0.3, 0.4) is 0 Å². The Morgan fingerprint density at radius 2 is 1.69 bits per heavy atom. The van der Waals surface area contributed by atoms with E-state index < -0.39 is 15.9 Å². The molecule has 0 unspecified atom stereocenters. The van der Waals surface area contributed by atoms with Crippen LogP contribution in [-0.4, -0.2) is 25.2 Å². The lowest BCUT2D eigenvalue weighted by Gasteiger charge is -2.11. The van der Waals surface area contributed by atoms with Gasteiger partial charge in [-0.25, -0.2) is 18.5 Å². The normalized spacial score (nSPS) is 11.1. The number of carbonyl (C=O) groups excluding carboxylic acids is 2. The van der Waals surface area contributed by atoms with Crippen molar-refractivity contribution in [2.45, 2.75) is 17.7 Å². The number of benzene rings is 2.